The molecule has 0 saturated carbocycles. The average Bonchev–Trinajstić information content (AvgIpc) is 2.62. The molecule has 1 aromatic rings. The van der Waals surface area contributed by atoms with Gasteiger partial charge in [-0.2, -0.15) is 0 Å². The molecule has 0 atom stereocenters. The van der Waals surface area contributed by atoms with Gasteiger partial charge in [0.2, 0.25) is 0 Å². The van der Waals surface area contributed by atoms with Gasteiger partial charge in [-0.25, -0.2) is 0 Å². The van der Waals surface area contributed by atoms with Crippen LogP contribution in [-0.2, 0) is 4.79 Å². The Kier molecular flexibility index (Phi) is 4.21. The molecule has 1 aliphatic rings. The van der Waals surface area contributed by atoms with Crippen molar-refractivity contribution >= 4 is 29.0 Å². The van der Waals surface area contributed by atoms with E-state index in [9.17, 15) is 9.59 Å². The minimum absolute atomic E-state index is 0.0327. The highest BCUT2D eigenvalue weighted by Gasteiger charge is 2.37. The number of hydrogen-bond donors (Lipinski definition) is 1. The first-order chi connectivity index (χ1) is 9.70. The summed E-state index contributed by atoms with van der Waals surface area (Å²) in [5, 5.41) is 3.62. The summed E-state index contributed by atoms with van der Waals surface area (Å²) in [5.41, 5.74) is 1.66. The van der Waals surface area contributed by atoms with Crippen molar-refractivity contribution in [3.05, 3.63) is 40.9 Å². The molecule has 0 saturated heterocycles. The van der Waals surface area contributed by atoms with Crippen LogP contribution >= 0.6 is 11.6 Å². The van der Waals surface area contributed by atoms with Crippen LogP contribution in [0.15, 0.2) is 30.4 Å². The van der Waals surface area contributed by atoms with E-state index in [1.54, 1.807) is 18.2 Å². The average molecular weight is 307 g/mol. The van der Waals surface area contributed by atoms with Gasteiger partial charge in [0.15, 0.2) is 0 Å². The molecule has 0 radical (unpaired) electrons. The smallest absolute Gasteiger partial charge is 0.299 e. The predicted molar refractivity (Wildman–Crippen MR) is 85.0 cm³/mol. The fraction of sp³-hybridized carbons (Fsp3) is 0.375. The number of ketones is 1. The molecule has 4 nitrogen and oxygen atoms in total. The van der Waals surface area contributed by atoms with E-state index in [4.69, 9.17) is 11.6 Å². The van der Waals surface area contributed by atoms with Gasteiger partial charge in [-0.3, -0.25) is 9.59 Å². The first kappa shape index (κ1) is 15.7. The van der Waals surface area contributed by atoms with Crippen LogP contribution in [0.3, 0.4) is 0 Å². The van der Waals surface area contributed by atoms with Crippen LogP contribution in [-0.4, -0.2) is 30.3 Å². The molecule has 1 aromatic carbocycles. The zero-order valence-corrected chi connectivity index (χ0v) is 13.3. The molecule has 0 bridgehead atoms. The summed E-state index contributed by atoms with van der Waals surface area (Å²) in [6, 6.07) is 5.08. The van der Waals surface area contributed by atoms with Gasteiger partial charge >= 0.3 is 0 Å². The Balaban J connectivity index is 2.15. The maximum absolute atomic E-state index is 12.1. The Bertz CT molecular complexity index is 617. The Morgan fingerprint density at radius 1 is 1.33 bits per heavy atom. The molecular weight excluding hydrogens is 288 g/mol. The van der Waals surface area contributed by atoms with Crippen molar-refractivity contribution in [2.24, 2.45) is 0 Å². The fourth-order valence-electron chi connectivity index (χ4n) is 2.13. The molecule has 0 unspecified atom stereocenters. The molecule has 1 heterocycles. The number of carbonyl (C=O) groups is 2. The van der Waals surface area contributed by atoms with Crippen molar-refractivity contribution in [2.75, 3.05) is 18.0 Å². The van der Waals surface area contributed by atoms with Crippen molar-refractivity contribution in [3.8, 4) is 0 Å². The fourth-order valence-corrected chi connectivity index (χ4v) is 2.38. The number of nitrogens with one attached hydrogen (secondary N) is 1. The number of halogens is 1. The van der Waals surface area contributed by atoms with Crippen molar-refractivity contribution in [2.45, 2.75) is 26.3 Å². The molecule has 1 N–H and O–H groups in total. The van der Waals surface area contributed by atoms with E-state index in [0.717, 1.165) is 5.57 Å². The van der Waals surface area contributed by atoms with E-state index in [2.05, 4.69) is 32.7 Å². The van der Waals surface area contributed by atoms with E-state index in [-0.39, 0.29) is 5.54 Å². The minimum Gasteiger partial charge on any atom is -0.308 e. The molecule has 5 heteroatoms. The summed E-state index contributed by atoms with van der Waals surface area (Å²) in [4.78, 5) is 25.6. The van der Waals surface area contributed by atoms with E-state index in [1.165, 1.54) is 4.90 Å². The van der Waals surface area contributed by atoms with E-state index >= 15 is 0 Å². The maximum Gasteiger partial charge on any atom is 0.299 e. The zero-order valence-electron chi connectivity index (χ0n) is 12.5. The van der Waals surface area contributed by atoms with E-state index in [0.29, 0.717) is 29.4 Å². The standard InChI is InChI=1S/C16H19ClN2O2/c1-10(8-18-16(2,3)4)9-19-12-7-5-6-11(17)13(12)14(20)15(19)21/h5-7,18H,1,8-9H2,2-4H3. The van der Waals surface area contributed by atoms with Crippen LogP contribution in [0.1, 0.15) is 31.1 Å². The molecule has 1 amide bonds. The number of amides is 1. The lowest BCUT2D eigenvalue weighted by molar-refractivity contribution is -0.114. The zero-order chi connectivity index (χ0) is 15.8. The summed E-state index contributed by atoms with van der Waals surface area (Å²) in [5.74, 6) is -1.10. The third kappa shape index (κ3) is 3.34. The summed E-state index contributed by atoms with van der Waals surface area (Å²) in [7, 11) is 0. The van der Waals surface area contributed by atoms with Crippen LogP contribution < -0.4 is 10.2 Å². The Morgan fingerprint density at radius 3 is 2.62 bits per heavy atom. The Hall–Kier alpha value is -1.65. The third-order valence-corrected chi connectivity index (χ3v) is 3.51. The Labute approximate surface area is 129 Å². The summed E-state index contributed by atoms with van der Waals surface area (Å²) in [6.07, 6.45) is 0. The molecule has 0 aromatic heterocycles. The largest absolute Gasteiger partial charge is 0.308 e. The number of hydrogen-bond acceptors (Lipinski definition) is 3. The molecule has 0 fully saturated rings. The quantitative estimate of drug-likeness (QED) is 0.687. The topological polar surface area (TPSA) is 49.4 Å². The van der Waals surface area contributed by atoms with Crippen LogP contribution in [0, 0.1) is 0 Å². The molecular formula is C16H19ClN2O2. The second-order valence-corrected chi connectivity index (χ2v) is 6.62. The van der Waals surface area contributed by atoms with Crippen LogP contribution in [0.4, 0.5) is 5.69 Å². The molecule has 112 valence electrons. The van der Waals surface area contributed by atoms with Gasteiger partial charge in [0.1, 0.15) is 0 Å². The van der Waals surface area contributed by atoms with Crippen LogP contribution in [0.5, 0.6) is 0 Å². The van der Waals surface area contributed by atoms with Crippen molar-refractivity contribution in [1.29, 1.82) is 0 Å². The van der Waals surface area contributed by atoms with Crippen LogP contribution in [0.2, 0.25) is 5.02 Å². The van der Waals surface area contributed by atoms with Gasteiger partial charge in [0.05, 0.1) is 16.3 Å². The molecule has 21 heavy (non-hydrogen) atoms. The van der Waals surface area contributed by atoms with Crippen molar-refractivity contribution in [1.82, 2.24) is 5.32 Å². The van der Waals surface area contributed by atoms with Crippen molar-refractivity contribution in [3.63, 3.8) is 0 Å². The number of Topliss-reactive ketones (excluding diaryl/α,β-unsaturated/α-hetero) is 1. The highest BCUT2D eigenvalue weighted by Crippen LogP contribution is 2.34. The number of benzene rings is 1. The number of rotatable bonds is 4. The van der Waals surface area contributed by atoms with E-state index in [1.807, 2.05) is 0 Å². The lowest BCUT2D eigenvalue weighted by Crippen LogP contribution is -2.39. The second-order valence-electron chi connectivity index (χ2n) is 6.21. The van der Waals surface area contributed by atoms with Gasteiger partial charge in [-0.05, 0) is 38.5 Å². The number of nitrogens with zero attached hydrogens (tertiary/aromatic N) is 1. The number of carbonyl (C=O) groups excluding carboxylic acids is 2. The lowest BCUT2D eigenvalue weighted by atomic mass is 10.1. The first-order valence-electron chi connectivity index (χ1n) is 6.77. The number of fused-ring (bicyclic) bond motifs is 1. The van der Waals surface area contributed by atoms with Gasteiger partial charge < -0.3 is 10.2 Å². The molecule has 0 spiro atoms. The summed E-state index contributed by atoms with van der Waals surface area (Å²) in [6.45, 7) is 11.0. The highest BCUT2D eigenvalue weighted by molar-refractivity contribution is 6.55. The van der Waals surface area contributed by atoms with E-state index < -0.39 is 11.7 Å². The summed E-state index contributed by atoms with van der Waals surface area (Å²) >= 11 is 6.02. The van der Waals surface area contributed by atoms with Gasteiger partial charge in [-0.15, -0.1) is 0 Å². The summed E-state index contributed by atoms with van der Waals surface area (Å²) < 4.78 is 0. The van der Waals surface area contributed by atoms with Gasteiger partial charge in [0.25, 0.3) is 11.7 Å². The van der Waals surface area contributed by atoms with Gasteiger partial charge in [0, 0.05) is 18.6 Å². The monoisotopic (exact) mass is 306 g/mol. The maximum atomic E-state index is 12.1. The minimum atomic E-state index is -0.549. The van der Waals surface area contributed by atoms with Gasteiger partial charge in [-0.1, -0.05) is 24.2 Å². The number of anilines is 1. The highest BCUT2D eigenvalue weighted by atomic mass is 35.5. The normalized spacial score (nSPS) is 14.6. The third-order valence-electron chi connectivity index (χ3n) is 3.20. The molecule has 2 rings (SSSR count). The van der Waals surface area contributed by atoms with Crippen LogP contribution in [0.25, 0.3) is 0 Å². The first-order valence-corrected chi connectivity index (χ1v) is 7.15. The SMILES string of the molecule is C=C(CNC(C)(C)C)CN1C(=O)C(=O)c2c(Cl)cccc21. The second kappa shape index (κ2) is 5.62. The Morgan fingerprint density at radius 2 is 2.00 bits per heavy atom. The van der Waals surface area contributed by atoms with Crippen molar-refractivity contribution < 1.29 is 9.59 Å². The molecule has 0 aliphatic carbocycles. The predicted octanol–water partition coefficient (Wildman–Crippen LogP) is 2.81. The lowest BCUT2D eigenvalue weighted by Gasteiger charge is -2.23. The molecule has 1 aliphatic heterocycles.